The van der Waals surface area contributed by atoms with E-state index in [-0.39, 0.29) is 11.6 Å². The highest BCUT2D eigenvalue weighted by Crippen LogP contribution is 2.49. The van der Waals surface area contributed by atoms with Crippen LogP contribution in [0.15, 0.2) is 12.7 Å². The number of fused-ring (bicyclic) bond motifs is 1. The predicted molar refractivity (Wildman–Crippen MR) is 68.0 cm³/mol. The predicted octanol–water partition coefficient (Wildman–Crippen LogP) is 3.10. The summed E-state index contributed by atoms with van der Waals surface area (Å²) < 4.78 is 6.60. The van der Waals surface area contributed by atoms with E-state index in [1.54, 1.807) is 0 Å². The van der Waals surface area contributed by atoms with Gasteiger partial charge in [0.05, 0.1) is 6.42 Å². The first-order valence-corrected chi connectivity index (χ1v) is 7.14. The molecule has 2 rings (SSSR count). The van der Waals surface area contributed by atoms with E-state index in [2.05, 4.69) is 29.2 Å². The molecule has 0 radical (unpaired) electrons. The van der Waals surface area contributed by atoms with Gasteiger partial charge in [0, 0.05) is 16.3 Å². The van der Waals surface area contributed by atoms with Gasteiger partial charge in [0.25, 0.3) is 0 Å². The summed E-state index contributed by atoms with van der Waals surface area (Å²) in [7, 11) is 0. The Morgan fingerprint density at radius 3 is 3.07 bits per heavy atom. The van der Waals surface area contributed by atoms with Crippen molar-refractivity contribution < 1.29 is 9.53 Å². The van der Waals surface area contributed by atoms with Gasteiger partial charge in [-0.25, -0.2) is 0 Å². The molecule has 0 bridgehead atoms. The standard InChI is InChI=1S/C12H17IO2/c1-2-4-9-5-3-6-10-7-11(14)15-12(9,10)8-13/h2,9-10H,1,3-8H2/t9-,10-,12-/m0/s1. The van der Waals surface area contributed by atoms with Crippen LogP contribution in [0.25, 0.3) is 0 Å². The minimum absolute atomic E-state index is 0.00706. The fraction of sp³-hybridized carbons (Fsp3) is 0.750. The minimum atomic E-state index is -0.163. The average Bonchev–Trinajstić information content (AvgIpc) is 2.56. The van der Waals surface area contributed by atoms with Crippen LogP contribution in [0.1, 0.15) is 32.1 Å². The molecule has 0 unspecified atom stereocenters. The second kappa shape index (κ2) is 4.44. The van der Waals surface area contributed by atoms with Crippen molar-refractivity contribution in [3.05, 3.63) is 12.7 Å². The zero-order chi connectivity index (χ0) is 10.9. The number of carbonyl (C=O) groups is 1. The summed E-state index contributed by atoms with van der Waals surface area (Å²) in [5.74, 6) is 0.963. The normalized spacial score (nSPS) is 39.7. The van der Waals surface area contributed by atoms with Crippen LogP contribution in [0.5, 0.6) is 0 Å². The van der Waals surface area contributed by atoms with E-state index in [1.165, 1.54) is 12.8 Å². The molecule has 0 aromatic heterocycles. The second-order valence-corrected chi connectivity index (χ2v) is 5.38. The number of carbonyl (C=O) groups excluding carboxylic acids is 1. The SMILES string of the molecule is C=CC[C@H]1CCC[C@H]2CC(=O)O[C@@]12CI. The van der Waals surface area contributed by atoms with E-state index in [0.29, 0.717) is 18.3 Å². The fourth-order valence-corrected chi connectivity index (χ4v) is 4.49. The van der Waals surface area contributed by atoms with Gasteiger partial charge in [0.15, 0.2) is 0 Å². The minimum Gasteiger partial charge on any atom is -0.458 e. The lowest BCUT2D eigenvalue weighted by Gasteiger charge is -2.42. The van der Waals surface area contributed by atoms with Gasteiger partial charge in [-0.1, -0.05) is 35.1 Å². The van der Waals surface area contributed by atoms with Crippen molar-refractivity contribution in [2.45, 2.75) is 37.7 Å². The number of esters is 1. The molecular weight excluding hydrogens is 303 g/mol. The molecule has 0 amide bonds. The van der Waals surface area contributed by atoms with Gasteiger partial charge in [0.2, 0.25) is 0 Å². The van der Waals surface area contributed by atoms with Gasteiger partial charge in [-0.05, 0) is 19.3 Å². The molecule has 3 atom stereocenters. The number of hydrogen-bond donors (Lipinski definition) is 0. The monoisotopic (exact) mass is 320 g/mol. The maximum Gasteiger partial charge on any atom is 0.306 e. The maximum absolute atomic E-state index is 11.5. The van der Waals surface area contributed by atoms with Crippen molar-refractivity contribution in [3.63, 3.8) is 0 Å². The Kier molecular flexibility index (Phi) is 3.38. The molecule has 0 N–H and O–H groups in total. The Morgan fingerprint density at radius 1 is 1.60 bits per heavy atom. The maximum atomic E-state index is 11.5. The van der Waals surface area contributed by atoms with Crippen LogP contribution >= 0.6 is 22.6 Å². The van der Waals surface area contributed by atoms with Crippen LogP contribution < -0.4 is 0 Å². The van der Waals surface area contributed by atoms with Crippen LogP contribution in [0, 0.1) is 11.8 Å². The Morgan fingerprint density at radius 2 is 2.40 bits per heavy atom. The lowest BCUT2D eigenvalue weighted by atomic mass is 9.68. The van der Waals surface area contributed by atoms with Crippen LogP contribution in [0.3, 0.4) is 0 Å². The molecule has 84 valence electrons. The van der Waals surface area contributed by atoms with Crippen LogP contribution in [0.2, 0.25) is 0 Å². The summed E-state index contributed by atoms with van der Waals surface area (Å²) in [6, 6.07) is 0. The highest BCUT2D eigenvalue weighted by atomic mass is 127. The topological polar surface area (TPSA) is 26.3 Å². The van der Waals surface area contributed by atoms with Gasteiger partial charge in [-0.15, -0.1) is 6.58 Å². The van der Waals surface area contributed by atoms with Gasteiger partial charge < -0.3 is 4.74 Å². The molecule has 1 aliphatic carbocycles. The molecule has 1 saturated heterocycles. The third-order valence-electron chi connectivity index (χ3n) is 3.86. The third kappa shape index (κ3) is 1.83. The summed E-state index contributed by atoms with van der Waals surface area (Å²) in [6.07, 6.45) is 7.15. The highest BCUT2D eigenvalue weighted by molar-refractivity contribution is 14.1. The van der Waals surface area contributed by atoms with Crippen LogP contribution in [-0.2, 0) is 9.53 Å². The number of ether oxygens (including phenoxy) is 1. The van der Waals surface area contributed by atoms with Crippen LogP contribution in [-0.4, -0.2) is 16.0 Å². The van der Waals surface area contributed by atoms with Gasteiger partial charge in [-0.2, -0.15) is 0 Å². The number of halogens is 1. The first kappa shape index (κ1) is 11.4. The Bertz CT molecular complexity index is 277. The number of allylic oxidation sites excluding steroid dienone is 1. The number of alkyl halides is 1. The van der Waals surface area contributed by atoms with Gasteiger partial charge in [-0.3, -0.25) is 4.79 Å². The lowest BCUT2D eigenvalue weighted by Crippen LogP contribution is -2.47. The average molecular weight is 320 g/mol. The van der Waals surface area contributed by atoms with Crippen molar-refractivity contribution >= 4 is 28.6 Å². The number of rotatable bonds is 3. The summed E-state index contributed by atoms with van der Waals surface area (Å²) in [5.41, 5.74) is -0.163. The molecule has 1 aliphatic heterocycles. The van der Waals surface area contributed by atoms with E-state index < -0.39 is 0 Å². The van der Waals surface area contributed by atoms with E-state index in [1.807, 2.05) is 6.08 Å². The quantitative estimate of drug-likeness (QED) is 0.346. The molecular formula is C12H17IO2. The summed E-state index contributed by atoms with van der Waals surface area (Å²) in [5, 5.41) is 0. The first-order chi connectivity index (χ1) is 7.23. The first-order valence-electron chi connectivity index (χ1n) is 5.61. The molecule has 1 saturated carbocycles. The molecule has 2 nitrogen and oxygen atoms in total. The van der Waals surface area contributed by atoms with Crippen molar-refractivity contribution in [1.29, 1.82) is 0 Å². The Hall–Kier alpha value is -0.0600. The molecule has 3 heteroatoms. The van der Waals surface area contributed by atoms with Crippen molar-refractivity contribution in [2.24, 2.45) is 11.8 Å². The van der Waals surface area contributed by atoms with Crippen molar-refractivity contribution in [1.82, 2.24) is 0 Å². The summed E-state index contributed by atoms with van der Waals surface area (Å²) >= 11 is 2.37. The molecule has 0 aromatic rings. The second-order valence-electron chi connectivity index (χ2n) is 4.62. The van der Waals surface area contributed by atoms with E-state index >= 15 is 0 Å². The Balaban J connectivity index is 2.24. The highest BCUT2D eigenvalue weighted by Gasteiger charge is 2.54. The van der Waals surface area contributed by atoms with Crippen molar-refractivity contribution in [3.8, 4) is 0 Å². The molecule has 1 heterocycles. The molecule has 2 aliphatic rings. The Labute approximate surface area is 105 Å². The third-order valence-corrected chi connectivity index (χ3v) is 5.06. The summed E-state index contributed by atoms with van der Waals surface area (Å²) in [6.45, 7) is 3.81. The molecule has 0 spiro atoms. The molecule has 0 aromatic carbocycles. The van der Waals surface area contributed by atoms with E-state index in [9.17, 15) is 4.79 Å². The lowest BCUT2D eigenvalue weighted by molar-refractivity contribution is -0.153. The molecule has 2 fully saturated rings. The van der Waals surface area contributed by atoms with Gasteiger partial charge >= 0.3 is 5.97 Å². The molecule has 15 heavy (non-hydrogen) atoms. The van der Waals surface area contributed by atoms with Crippen molar-refractivity contribution in [2.75, 3.05) is 4.43 Å². The van der Waals surface area contributed by atoms with E-state index in [4.69, 9.17) is 4.74 Å². The summed E-state index contributed by atoms with van der Waals surface area (Å²) in [4.78, 5) is 11.5. The zero-order valence-electron chi connectivity index (χ0n) is 8.88. The van der Waals surface area contributed by atoms with E-state index in [0.717, 1.165) is 17.3 Å². The van der Waals surface area contributed by atoms with Gasteiger partial charge in [0.1, 0.15) is 5.60 Å². The smallest absolute Gasteiger partial charge is 0.306 e. The fourth-order valence-electron chi connectivity index (χ4n) is 3.09. The largest absolute Gasteiger partial charge is 0.458 e. The van der Waals surface area contributed by atoms with Crippen LogP contribution in [0.4, 0.5) is 0 Å². The zero-order valence-corrected chi connectivity index (χ0v) is 11.0. The number of hydrogen-bond acceptors (Lipinski definition) is 2.